The molecule has 4 heterocycles. The molecule has 0 saturated carbocycles. The van der Waals surface area contributed by atoms with E-state index in [1.54, 1.807) is 32.0 Å². The van der Waals surface area contributed by atoms with Crippen molar-refractivity contribution < 1.29 is 19.4 Å². The number of H-pyrrole nitrogens is 1. The van der Waals surface area contributed by atoms with Crippen LogP contribution in [0.4, 0.5) is 0 Å². The highest BCUT2D eigenvalue weighted by molar-refractivity contribution is 6.33. The summed E-state index contributed by atoms with van der Waals surface area (Å²) < 4.78 is 11.2. The Morgan fingerprint density at radius 1 is 1.19 bits per heavy atom. The number of amides is 1. The van der Waals surface area contributed by atoms with Gasteiger partial charge in [0, 0.05) is 5.56 Å². The lowest BCUT2D eigenvalue weighted by Gasteiger charge is -2.25. The topological polar surface area (TPSA) is 122 Å². The highest BCUT2D eigenvalue weighted by atomic mass is 35.5. The maximum Gasteiger partial charge on any atom is 0.301 e. The lowest BCUT2D eigenvalue weighted by molar-refractivity contribution is -0.125. The molecule has 1 amide bonds. The van der Waals surface area contributed by atoms with Crippen molar-refractivity contribution in [3.8, 4) is 23.0 Å². The van der Waals surface area contributed by atoms with Gasteiger partial charge in [-0.15, -0.1) is 0 Å². The van der Waals surface area contributed by atoms with Crippen LogP contribution in [0.15, 0.2) is 54.7 Å². The molecule has 0 atom stereocenters. The molecular formula is C27H26ClN5O4. The third-order valence-electron chi connectivity index (χ3n) is 6.08. The first kappa shape index (κ1) is 24.9. The third-order valence-corrected chi connectivity index (χ3v) is 6.37. The third kappa shape index (κ3) is 5.48. The molecule has 10 heteroatoms. The van der Waals surface area contributed by atoms with Crippen LogP contribution in [0.3, 0.4) is 0 Å². The van der Waals surface area contributed by atoms with Gasteiger partial charge < -0.3 is 24.9 Å². The molecule has 4 aromatic rings. The second-order valence-corrected chi connectivity index (χ2v) is 9.58. The lowest BCUT2D eigenvalue weighted by atomic mass is 9.99. The molecule has 1 aliphatic rings. The number of carbonyl (C=O) groups is 1. The maximum atomic E-state index is 11.6. The summed E-state index contributed by atoms with van der Waals surface area (Å²) in [6, 6.07) is 13.6. The van der Waals surface area contributed by atoms with Gasteiger partial charge in [0.25, 0.3) is 0 Å². The van der Waals surface area contributed by atoms with Crippen molar-refractivity contribution in [1.82, 2.24) is 25.3 Å². The molecule has 1 aromatic carbocycles. The fourth-order valence-corrected chi connectivity index (χ4v) is 4.41. The van der Waals surface area contributed by atoms with Crippen molar-refractivity contribution >= 4 is 34.2 Å². The number of aliphatic hydroxyl groups excluding tert-OH is 1. The number of nitrogens with one attached hydrogen (secondary N) is 2. The molecule has 3 aromatic heterocycles. The summed E-state index contributed by atoms with van der Waals surface area (Å²) in [6.07, 6.45) is 4.55. The second-order valence-electron chi connectivity index (χ2n) is 9.18. The second kappa shape index (κ2) is 10.3. The molecule has 0 saturated heterocycles. The SMILES string of the molecule is CC(C)(NC(=O)CO)c1ccc(Oc2nc3nc(-c4ccc(C5=CCOCC5)cc4)c(Cl)cc3[nH]2)cn1. The first-order chi connectivity index (χ1) is 17.8. The predicted octanol–water partition coefficient (Wildman–Crippen LogP) is 4.61. The summed E-state index contributed by atoms with van der Waals surface area (Å²) in [7, 11) is 0. The average Bonchev–Trinajstić information content (AvgIpc) is 3.29. The van der Waals surface area contributed by atoms with Crippen molar-refractivity contribution in [2.45, 2.75) is 25.8 Å². The number of aliphatic hydroxyl groups is 1. The molecule has 0 fully saturated rings. The number of nitrogens with zero attached hydrogens (tertiary/aromatic N) is 3. The van der Waals surface area contributed by atoms with Gasteiger partial charge in [-0.05, 0) is 49.6 Å². The fraction of sp³-hybridized carbons (Fsp3) is 0.259. The van der Waals surface area contributed by atoms with Crippen LogP contribution in [0.25, 0.3) is 28.0 Å². The summed E-state index contributed by atoms with van der Waals surface area (Å²) >= 11 is 6.57. The Balaban J connectivity index is 1.34. The van der Waals surface area contributed by atoms with Crippen LogP contribution in [0.1, 0.15) is 31.5 Å². The standard InChI is InChI=1S/C27H26ClN5O4/c1-27(2,33-23(35)15-34)22-8-7-19(14-29-22)37-26-30-21-13-20(28)24(31-25(21)32-26)18-5-3-16(4-6-18)17-9-11-36-12-10-17/h3-9,13-14,34H,10-12,15H2,1-2H3,(H,33,35)(H,30,31,32). The number of aromatic nitrogens is 4. The number of aromatic amines is 1. The number of rotatable bonds is 7. The van der Waals surface area contributed by atoms with Crippen LogP contribution in [0.5, 0.6) is 11.8 Å². The number of ether oxygens (including phenoxy) is 2. The van der Waals surface area contributed by atoms with E-state index in [2.05, 4.69) is 43.5 Å². The monoisotopic (exact) mass is 519 g/mol. The van der Waals surface area contributed by atoms with Crippen molar-refractivity contribution in [3.63, 3.8) is 0 Å². The highest BCUT2D eigenvalue weighted by Crippen LogP contribution is 2.32. The summed E-state index contributed by atoms with van der Waals surface area (Å²) in [6.45, 7) is 4.39. The average molecular weight is 520 g/mol. The zero-order valence-corrected chi connectivity index (χ0v) is 21.2. The minimum absolute atomic E-state index is 0.250. The molecule has 0 unspecified atom stereocenters. The van der Waals surface area contributed by atoms with Gasteiger partial charge in [0.15, 0.2) is 5.65 Å². The largest absolute Gasteiger partial charge is 0.424 e. The fourth-order valence-electron chi connectivity index (χ4n) is 4.15. The quantitative estimate of drug-likeness (QED) is 0.326. The molecular weight excluding hydrogens is 494 g/mol. The van der Waals surface area contributed by atoms with Crippen LogP contribution in [-0.4, -0.2) is 50.8 Å². The van der Waals surface area contributed by atoms with Crippen molar-refractivity contribution in [1.29, 1.82) is 0 Å². The molecule has 3 N–H and O–H groups in total. The van der Waals surface area contributed by atoms with Crippen LogP contribution in [-0.2, 0) is 15.1 Å². The minimum atomic E-state index is -0.755. The molecule has 190 valence electrons. The van der Waals surface area contributed by atoms with E-state index in [0.717, 1.165) is 18.6 Å². The van der Waals surface area contributed by atoms with E-state index in [1.165, 1.54) is 17.3 Å². The maximum absolute atomic E-state index is 11.6. The Morgan fingerprint density at radius 2 is 1.97 bits per heavy atom. The molecule has 5 rings (SSSR count). The summed E-state index contributed by atoms with van der Waals surface area (Å²) in [5.74, 6) is -0.0241. The molecule has 9 nitrogen and oxygen atoms in total. The molecule has 0 aliphatic carbocycles. The number of hydrogen-bond acceptors (Lipinski definition) is 7. The number of imidazole rings is 1. The smallest absolute Gasteiger partial charge is 0.301 e. The minimum Gasteiger partial charge on any atom is -0.424 e. The Labute approximate surface area is 218 Å². The van der Waals surface area contributed by atoms with Crippen molar-refractivity contribution in [3.05, 3.63) is 71.0 Å². The Morgan fingerprint density at radius 3 is 2.65 bits per heavy atom. The van der Waals surface area contributed by atoms with E-state index in [9.17, 15) is 4.79 Å². The van der Waals surface area contributed by atoms with Crippen LogP contribution < -0.4 is 10.1 Å². The van der Waals surface area contributed by atoms with Crippen molar-refractivity contribution in [2.24, 2.45) is 0 Å². The number of halogens is 1. The van der Waals surface area contributed by atoms with Crippen LogP contribution in [0.2, 0.25) is 5.02 Å². The van der Waals surface area contributed by atoms with Gasteiger partial charge in [0.05, 0.1) is 46.9 Å². The Hall–Kier alpha value is -3.79. The van der Waals surface area contributed by atoms with Crippen molar-refractivity contribution in [2.75, 3.05) is 19.8 Å². The highest BCUT2D eigenvalue weighted by Gasteiger charge is 2.24. The summed E-state index contributed by atoms with van der Waals surface area (Å²) in [5, 5.41) is 12.2. The van der Waals surface area contributed by atoms with Gasteiger partial charge in [-0.3, -0.25) is 9.78 Å². The Bertz CT molecular complexity index is 1460. The zero-order chi connectivity index (χ0) is 26.0. The van der Waals surface area contributed by atoms with Gasteiger partial charge in [-0.1, -0.05) is 41.9 Å². The summed E-state index contributed by atoms with van der Waals surface area (Å²) in [5.41, 5.74) is 4.95. The van der Waals surface area contributed by atoms with Gasteiger partial charge in [0.1, 0.15) is 12.4 Å². The van der Waals surface area contributed by atoms with Crippen LogP contribution >= 0.6 is 11.6 Å². The lowest BCUT2D eigenvalue weighted by Crippen LogP contribution is -2.42. The predicted molar refractivity (Wildman–Crippen MR) is 140 cm³/mol. The normalized spacial score (nSPS) is 13.9. The van der Waals surface area contributed by atoms with E-state index in [-0.39, 0.29) is 6.01 Å². The number of pyridine rings is 2. The number of benzene rings is 1. The zero-order valence-electron chi connectivity index (χ0n) is 20.4. The van der Waals surface area contributed by atoms with E-state index < -0.39 is 18.1 Å². The number of carbonyl (C=O) groups excluding carboxylic acids is 1. The van der Waals surface area contributed by atoms with Gasteiger partial charge in [-0.25, -0.2) is 4.98 Å². The summed E-state index contributed by atoms with van der Waals surface area (Å²) in [4.78, 5) is 28.2. The first-order valence-electron chi connectivity index (χ1n) is 11.8. The van der Waals surface area contributed by atoms with E-state index in [1.807, 2.05) is 12.1 Å². The molecule has 0 spiro atoms. The number of fused-ring (bicyclic) bond motifs is 1. The van der Waals surface area contributed by atoms with Gasteiger partial charge >= 0.3 is 6.01 Å². The molecule has 37 heavy (non-hydrogen) atoms. The van der Waals surface area contributed by atoms with Gasteiger partial charge in [0.2, 0.25) is 5.91 Å². The van der Waals surface area contributed by atoms with Crippen LogP contribution in [0, 0.1) is 0 Å². The molecule has 1 aliphatic heterocycles. The molecule has 0 bridgehead atoms. The van der Waals surface area contributed by atoms with E-state index >= 15 is 0 Å². The molecule has 0 radical (unpaired) electrons. The van der Waals surface area contributed by atoms with Gasteiger partial charge in [-0.2, -0.15) is 4.98 Å². The first-order valence-corrected chi connectivity index (χ1v) is 12.2. The number of hydrogen-bond donors (Lipinski definition) is 3. The van der Waals surface area contributed by atoms with E-state index in [0.29, 0.717) is 39.9 Å². The van der Waals surface area contributed by atoms with E-state index in [4.69, 9.17) is 26.2 Å². The Kier molecular flexibility index (Phi) is 6.92.